The van der Waals surface area contributed by atoms with Crippen LogP contribution in [0.15, 0.2) is 36.4 Å². The molecule has 252 valence electrons. The summed E-state index contributed by atoms with van der Waals surface area (Å²) < 4.78 is 56.1. The fourth-order valence-corrected chi connectivity index (χ4v) is 7.36. The molecule has 2 saturated carbocycles. The summed E-state index contributed by atoms with van der Waals surface area (Å²) in [5.41, 5.74) is 12.5. The number of nitrogens with one attached hydrogen (secondary N) is 2. The zero-order valence-electron chi connectivity index (χ0n) is 25.4. The zero-order chi connectivity index (χ0) is 32.8. The van der Waals surface area contributed by atoms with Crippen LogP contribution >= 0.6 is 49.7 Å². The molecule has 4 aliphatic rings. The van der Waals surface area contributed by atoms with Crippen LogP contribution in [0.3, 0.4) is 0 Å². The van der Waals surface area contributed by atoms with E-state index in [-0.39, 0.29) is 117 Å². The first-order valence-corrected chi connectivity index (χ1v) is 14.7. The largest absolute Gasteiger partial charge is 1.00 e. The summed E-state index contributed by atoms with van der Waals surface area (Å²) in [4.78, 5) is 36.9. The third-order valence-corrected chi connectivity index (χ3v) is 9.37. The van der Waals surface area contributed by atoms with Crippen LogP contribution in [0.1, 0.15) is 47.7 Å². The molecule has 6 N–H and O–H groups in total. The summed E-state index contributed by atoms with van der Waals surface area (Å²) >= 11 is 8.38. The number of hydrogen-bond acceptors (Lipinski definition) is 7. The predicted molar refractivity (Wildman–Crippen MR) is 174 cm³/mol. The number of imidazole rings is 1. The molecule has 7 rings (SSSR count). The maximum atomic E-state index is 13.5. The minimum Gasteiger partial charge on any atom is -0.369 e. The van der Waals surface area contributed by atoms with Gasteiger partial charge in [0.1, 0.15) is 28.7 Å². The van der Waals surface area contributed by atoms with Crippen molar-refractivity contribution in [2.24, 2.45) is 17.4 Å². The van der Waals surface area contributed by atoms with Crippen LogP contribution in [-0.2, 0) is 38.2 Å². The third kappa shape index (κ3) is 8.39. The average Bonchev–Trinajstić information content (AvgIpc) is 3.71. The van der Waals surface area contributed by atoms with Gasteiger partial charge in [0.25, 0.3) is 0 Å². The monoisotopic (exact) mass is 771 g/mol. The molecule has 2 aromatic carbocycles. The van der Waals surface area contributed by atoms with E-state index in [0.29, 0.717) is 35.4 Å². The molecule has 5 atom stereocenters. The molecule has 0 spiro atoms. The number of thiol groups is 1. The number of fused-ring (bicyclic) bond motifs is 4. The number of aromatic nitrogens is 2. The van der Waals surface area contributed by atoms with E-state index in [4.69, 9.17) is 28.9 Å². The number of carbonyl (C=O) groups excluding carboxylic acids is 3. The summed E-state index contributed by atoms with van der Waals surface area (Å²) in [6.07, 6.45) is 1.28. The topological polar surface area (TPSA) is 160 Å². The fraction of sp³-hybridized carbons (Fsp3) is 0.367. The molecule has 2 amide bonds. The molecule has 18 heteroatoms. The minimum atomic E-state index is -0.660. The Labute approximate surface area is 338 Å². The smallest absolute Gasteiger partial charge is 0.369 e. The van der Waals surface area contributed by atoms with Gasteiger partial charge in [0.2, 0.25) is 11.8 Å². The van der Waals surface area contributed by atoms with Crippen LogP contribution in [0.4, 0.5) is 17.6 Å². The van der Waals surface area contributed by atoms with Gasteiger partial charge in [0.15, 0.2) is 10.6 Å². The summed E-state index contributed by atoms with van der Waals surface area (Å²) in [5.74, 6) is -3.63. The van der Waals surface area contributed by atoms with Crippen LogP contribution in [0, 0.1) is 44.6 Å². The van der Waals surface area contributed by atoms with Crippen molar-refractivity contribution in [3.63, 3.8) is 0 Å². The van der Waals surface area contributed by atoms with E-state index in [2.05, 4.69) is 22.9 Å². The van der Waals surface area contributed by atoms with Gasteiger partial charge in [-0.25, -0.2) is 17.6 Å². The van der Waals surface area contributed by atoms with E-state index in [9.17, 15) is 31.9 Å². The quantitative estimate of drug-likeness (QED) is 0.0606. The van der Waals surface area contributed by atoms with Crippen LogP contribution in [0.25, 0.3) is 0 Å². The number of aromatic amines is 1. The first-order chi connectivity index (χ1) is 21.2. The molecule has 0 radical (unpaired) electrons. The minimum absolute atomic E-state index is 0. The van der Waals surface area contributed by atoms with Crippen LogP contribution in [0.2, 0.25) is 0 Å². The Bertz CT molecular complexity index is 1800. The summed E-state index contributed by atoms with van der Waals surface area (Å²) in [7, 11) is 0. The van der Waals surface area contributed by atoms with Crippen LogP contribution in [-0.4, -0.2) is 39.7 Å². The van der Waals surface area contributed by atoms with Crippen molar-refractivity contribution in [1.29, 1.82) is 5.26 Å². The Balaban J connectivity index is 0.000000293. The molecule has 3 aromatic rings. The molecule has 1 unspecified atom stereocenters. The number of thiocyanates is 1. The standard InChI is InChI=1S/C15H13F2N3OS.C14H14F2N2O2.CHNS.2ClH.K/c16-8-1-7(2-9(17)3-8)15-5-10(15)13-11(4-12(18)21)19-14(22)20(13)6-15;15-8-1-7(2-9(16)3-8)14-5-10(14)13(18-6-14)11(19)4-12(17)20;2-1-3;;;/h1-3,10H,4-6H2,(H2,18,21)(H,19,22);1-3,10,13,18H,4-6H2,(H2,17,20);3H;2*1H;/q;;;;;+1/t10-,15+;10-,13?,14+;;;;/m00..../s1. The van der Waals surface area contributed by atoms with Gasteiger partial charge in [-0.15, -0.1) is 24.8 Å². The van der Waals surface area contributed by atoms with Crippen molar-refractivity contribution in [1.82, 2.24) is 14.9 Å². The van der Waals surface area contributed by atoms with Gasteiger partial charge < -0.3 is 26.3 Å². The first kappa shape index (κ1) is 42.4. The number of amides is 2. The van der Waals surface area contributed by atoms with Gasteiger partial charge >= 0.3 is 51.4 Å². The summed E-state index contributed by atoms with van der Waals surface area (Å²) in [5, 5.41) is 11.7. The van der Waals surface area contributed by atoms with Crippen LogP contribution in [0.5, 0.6) is 0 Å². The van der Waals surface area contributed by atoms with Gasteiger partial charge in [0, 0.05) is 53.4 Å². The molecule has 2 aliphatic carbocycles. The number of ketones is 1. The van der Waals surface area contributed by atoms with Gasteiger partial charge in [-0.2, -0.15) is 5.26 Å². The first-order valence-electron chi connectivity index (χ1n) is 13.8. The van der Waals surface area contributed by atoms with Crippen molar-refractivity contribution in [3.05, 3.63) is 87.0 Å². The van der Waals surface area contributed by atoms with E-state index in [1.165, 1.54) is 29.7 Å². The number of H-pyrrole nitrogens is 1. The molecule has 0 bridgehead atoms. The summed E-state index contributed by atoms with van der Waals surface area (Å²) in [6, 6.07) is 6.64. The van der Waals surface area contributed by atoms with Gasteiger partial charge in [-0.3, -0.25) is 14.4 Å². The number of primary amides is 2. The SMILES string of the molecule is Cl.Cl.N#CS.NC(=O)CC(=O)C1NC[C@@]2(c3cc(F)cc(F)c3)C[C@@H]12.NC(=O)Cc1[nH]c(=S)n2c1[C@@H]1C[C@]1(c1cc(F)cc(F)c1)C2.[K+]. The number of nitrogens with two attached hydrogens (primary N) is 2. The number of piperidine rings is 1. The second kappa shape index (κ2) is 16.5. The van der Waals surface area contributed by atoms with E-state index in [1.807, 2.05) is 4.57 Å². The van der Waals surface area contributed by atoms with Crippen molar-refractivity contribution in [2.75, 3.05) is 6.54 Å². The van der Waals surface area contributed by atoms with E-state index in [1.54, 1.807) is 0 Å². The number of Topliss-reactive ketones (excluding diaryl/α,β-unsaturated/α-hetero) is 1. The van der Waals surface area contributed by atoms with Crippen LogP contribution < -0.4 is 68.2 Å². The van der Waals surface area contributed by atoms with Gasteiger partial charge in [-0.1, -0.05) is 12.6 Å². The van der Waals surface area contributed by atoms with Crippen molar-refractivity contribution < 1.29 is 83.3 Å². The maximum Gasteiger partial charge on any atom is 1.00 e. The van der Waals surface area contributed by atoms with Crippen molar-refractivity contribution >= 4 is 67.3 Å². The number of rotatable bonds is 7. The second-order valence-electron chi connectivity index (χ2n) is 11.8. The molecule has 1 aromatic heterocycles. The predicted octanol–water partition coefficient (Wildman–Crippen LogP) is 1.17. The molecule has 9 nitrogen and oxygen atoms in total. The third-order valence-electron chi connectivity index (χ3n) is 9.04. The Morgan fingerprint density at radius 1 is 0.938 bits per heavy atom. The van der Waals surface area contributed by atoms with Gasteiger partial charge in [0.05, 0.1) is 18.9 Å². The average molecular weight is 773 g/mol. The van der Waals surface area contributed by atoms with Gasteiger partial charge in [-0.05, 0) is 66.4 Å². The number of nitriles is 1. The molecule has 2 aliphatic heterocycles. The Kier molecular flexibility index (Phi) is 14.6. The van der Waals surface area contributed by atoms with E-state index in [0.717, 1.165) is 29.9 Å². The molecule has 48 heavy (non-hydrogen) atoms. The van der Waals surface area contributed by atoms with E-state index < -0.39 is 41.1 Å². The zero-order valence-corrected chi connectivity index (χ0v) is 31.9. The number of benzene rings is 2. The molecule has 3 fully saturated rings. The van der Waals surface area contributed by atoms with E-state index >= 15 is 0 Å². The summed E-state index contributed by atoms with van der Waals surface area (Å²) in [6.45, 7) is 1.06. The number of nitrogens with zero attached hydrogens (tertiary/aromatic N) is 2. The Morgan fingerprint density at radius 3 is 1.90 bits per heavy atom. The molecular formula is C30H30Cl2F4KN6O3S2+. The molecule has 1 saturated heterocycles. The number of hydrogen-bond donors (Lipinski definition) is 5. The fourth-order valence-electron chi connectivity index (χ4n) is 7.07. The number of halogens is 6. The maximum absolute atomic E-state index is 13.5. The second-order valence-corrected chi connectivity index (χ2v) is 12.4. The Morgan fingerprint density at radius 2 is 1.44 bits per heavy atom. The van der Waals surface area contributed by atoms with Crippen molar-refractivity contribution in [2.45, 2.75) is 55.0 Å². The normalized spacial score (nSPS) is 24.5. The number of carbonyl (C=O) groups is 3. The molecule has 3 heterocycles. The Hall–Kier alpha value is -1.78. The molecular weight excluding hydrogens is 742 g/mol. The van der Waals surface area contributed by atoms with Crippen molar-refractivity contribution in [3.8, 4) is 5.40 Å².